The predicted molar refractivity (Wildman–Crippen MR) is 344 cm³/mol. The summed E-state index contributed by atoms with van der Waals surface area (Å²) < 4.78 is 16.9. The summed E-state index contributed by atoms with van der Waals surface area (Å²) in [5, 5.41) is 0. The molecule has 0 bridgehead atoms. The molecule has 0 aromatic heterocycles. The molecule has 0 rings (SSSR count). The molecular weight excluding hydrogens is 973 g/mol. The van der Waals surface area contributed by atoms with Crippen molar-refractivity contribution in [2.75, 3.05) is 13.2 Å². The zero-order valence-corrected chi connectivity index (χ0v) is 52.1. The van der Waals surface area contributed by atoms with Crippen molar-refractivity contribution in [2.24, 2.45) is 0 Å². The summed E-state index contributed by atoms with van der Waals surface area (Å²) in [6.45, 7) is 6.52. The first-order valence-electron chi connectivity index (χ1n) is 33.7. The fraction of sp³-hybridized carbons (Fsp3) is 0.740. The first kappa shape index (κ1) is 75.3. The molecule has 1 atom stereocenters. The van der Waals surface area contributed by atoms with E-state index in [1.165, 1.54) is 180 Å². The van der Waals surface area contributed by atoms with Gasteiger partial charge in [-0.2, -0.15) is 0 Å². The van der Waals surface area contributed by atoms with Crippen LogP contribution in [0.15, 0.2) is 97.2 Å². The van der Waals surface area contributed by atoms with Crippen LogP contribution in [0.3, 0.4) is 0 Å². The topological polar surface area (TPSA) is 78.9 Å². The minimum absolute atomic E-state index is 0.0887. The molecule has 0 radical (unpaired) electrons. The molecule has 0 N–H and O–H groups in total. The van der Waals surface area contributed by atoms with Crippen molar-refractivity contribution in [3.8, 4) is 0 Å². The number of hydrogen-bond donors (Lipinski definition) is 0. The van der Waals surface area contributed by atoms with Gasteiger partial charge in [-0.1, -0.05) is 304 Å². The van der Waals surface area contributed by atoms with E-state index in [1.54, 1.807) is 0 Å². The maximum absolute atomic E-state index is 12.9. The third kappa shape index (κ3) is 65.0. The molecule has 454 valence electrons. The molecule has 0 amide bonds. The van der Waals surface area contributed by atoms with Crippen LogP contribution in [0.1, 0.15) is 329 Å². The van der Waals surface area contributed by atoms with Crippen LogP contribution in [0.4, 0.5) is 0 Å². The average molecular weight is 1100 g/mol. The zero-order valence-electron chi connectivity index (χ0n) is 52.1. The second kappa shape index (κ2) is 66.8. The van der Waals surface area contributed by atoms with Gasteiger partial charge in [0.1, 0.15) is 13.2 Å². The quantitative estimate of drug-likeness (QED) is 0.0261. The van der Waals surface area contributed by atoms with Gasteiger partial charge in [-0.15, -0.1) is 0 Å². The lowest BCUT2D eigenvalue weighted by Crippen LogP contribution is -2.30. The molecule has 6 heteroatoms. The molecule has 0 heterocycles. The average Bonchev–Trinajstić information content (AvgIpc) is 3.45. The van der Waals surface area contributed by atoms with E-state index in [2.05, 4.69) is 118 Å². The molecule has 1 unspecified atom stereocenters. The molecule has 0 aliphatic carbocycles. The molecule has 0 fully saturated rings. The van der Waals surface area contributed by atoms with Crippen LogP contribution in [-0.2, 0) is 28.6 Å². The summed E-state index contributed by atoms with van der Waals surface area (Å²) in [7, 11) is 0. The highest BCUT2D eigenvalue weighted by molar-refractivity contribution is 5.71. The van der Waals surface area contributed by atoms with Crippen LogP contribution >= 0.6 is 0 Å². The number of esters is 3. The van der Waals surface area contributed by atoms with Crippen LogP contribution < -0.4 is 0 Å². The van der Waals surface area contributed by atoms with E-state index in [0.29, 0.717) is 12.8 Å². The number of rotatable bonds is 61. The Balaban J connectivity index is 4.35. The number of unbranched alkanes of at least 4 members (excludes halogenated alkanes) is 34. The van der Waals surface area contributed by atoms with E-state index < -0.39 is 6.10 Å². The largest absolute Gasteiger partial charge is 0.462 e. The zero-order chi connectivity index (χ0) is 57.1. The number of allylic oxidation sites excluding steroid dienone is 16. The Labute approximate surface area is 489 Å². The van der Waals surface area contributed by atoms with E-state index >= 15 is 0 Å². The molecule has 6 nitrogen and oxygen atoms in total. The van der Waals surface area contributed by atoms with E-state index in [9.17, 15) is 14.4 Å². The van der Waals surface area contributed by atoms with Gasteiger partial charge in [0.05, 0.1) is 0 Å². The van der Waals surface area contributed by atoms with Crippen LogP contribution in [0.5, 0.6) is 0 Å². The Bertz CT molecular complexity index is 1540. The second-order valence-corrected chi connectivity index (χ2v) is 22.4. The van der Waals surface area contributed by atoms with Gasteiger partial charge in [-0.25, -0.2) is 0 Å². The molecule has 0 aromatic carbocycles. The first-order valence-corrected chi connectivity index (χ1v) is 33.7. The van der Waals surface area contributed by atoms with Crippen molar-refractivity contribution in [1.82, 2.24) is 0 Å². The minimum Gasteiger partial charge on any atom is -0.462 e. The Morgan fingerprint density at radius 3 is 0.785 bits per heavy atom. The molecule has 0 aliphatic heterocycles. The van der Waals surface area contributed by atoms with E-state index in [1.807, 2.05) is 0 Å². The molecule has 0 aromatic rings. The maximum atomic E-state index is 12.9. The Morgan fingerprint density at radius 2 is 0.494 bits per heavy atom. The summed E-state index contributed by atoms with van der Waals surface area (Å²) in [6.07, 6.45) is 89.9. The fourth-order valence-corrected chi connectivity index (χ4v) is 9.54. The third-order valence-corrected chi connectivity index (χ3v) is 14.6. The van der Waals surface area contributed by atoms with Crippen LogP contribution in [0, 0.1) is 0 Å². The molecule has 0 saturated heterocycles. The molecule has 0 aliphatic rings. The summed E-state index contributed by atoms with van der Waals surface area (Å²) in [5.41, 5.74) is 0. The van der Waals surface area contributed by atoms with Crippen LogP contribution in [0.2, 0.25) is 0 Å². The summed E-state index contributed by atoms with van der Waals surface area (Å²) >= 11 is 0. The first-order chi connectivity index (χ1) is 39.0. The maximum Gasteiger partial charge on any atom is 0.306 e. The van der Waals surface area contributed by atoms with Crippen molar-refractivity contribution in [3.63, 3.8) is 0 Å². The van der Waals surface area contributed by atoms with Gasteiger partial charge in [0, 0.05) is 19.3 Å². The lowest BCUT2D eigenvalue weighted by Gasteiger charge is -2.18. The van der Waals surface area contributed by atoms with Crippen molar-refractivity contribution in [1.29, 1.82) is 0 Å². The van der Waals surface area contributed by atoms with Crippen LogP contribution in [0.25, 0.3) is 0 Å². The highest BCUT2D eigenvalue weighted by Crippen LogP contribution is 2.17. The van der Waals surface area contributed by atoms with Gasteiger partial charge in [-0.3, -0.25) is 14.4 Å². The lowest BCUT2D eigenvalue weighted by molar-refractivity contribution is -0.167. The second-order valence-electron chi connectivity index (χ2n) is 22.4. The number of hydrogen-bond acceptors (Lipinski definition) is 6. The highest BCUT2D eigenvalue weighted by Gasteiger charge is 2.19. The number of ether oxygens (including phenoxy) is 3. The van der Waals surface area contributed by atoms with E-state index in [-0.39, 0.29) is 37.5 Å². The normalized spacial score (nSPS) is 12.7. The molecule has 0 spiro atoms. The smallest absolute Gasteiger partial charge is 0.306 e. The summed E-state index contributed by atoms with van der Waals surface area (Å²) in [6, 6.07) is 0. The van der Waals surface area contributed by atoms with E-state index in [4.69, 9.17) is 14.2 Å². The van der Waals surface area contributed by atoms with E-state index in [0.717, 1.165) is 109 Å². The molecule has 79 heavy (non-hydrogen) atoms. The van der Waals surface area contributed by atoms with Crippen molar-refractivity contribution < 1.29 is 28.6 Å². The summed E-state index contributed by atoms with van der Waals surface area (Å²) in [5.74, 6) is -0.909. The predicted octanol–water partition coefficient (Wildman–Crippen LogP) is 23.2. The van der Waals surface area contributed by atoms with Crippen molar-refractivity contribution in [2.45, 2.75) is 335 Å². The SMILES string of the molecule is CC/C=C\C/C=C\C/C=C\C/C=C\C/C=C\CCCCCC(=O)OC(COC(=O)CCCCCCCCCCCCCC/C=C\C/C=C\C/C=C\CCCCCCC)COC(=O)CCCCCCCCCCCCCCCCC. The van der Waals surface area contributed by atoms with Crippen molar-refractivity contribution in [3.05, 3.63) is 97.2 Å². The third-order valence-electron chi connectivity index (χ3n) is 14.6. The van der Waals surface area contributed by atoms with Gasteiger partial charge >= 0.3 is 17.9 Å². The Hall–Kier alpha value is -3.67. The Morgan fingerprint density at radius 1 is 0.266 bits per heavy atom. The van der Waals surface area contributed by atoms with Crippen LogP contribution in [-0.4, -0.2) is 37.2 Å². The monoisotopic (exact) mass is 1100 g/mol. The van der Waals surface area contributed by atoms with Gasteiger partial charge in [0.15, 0.2) is 6.10 Å². The Kier molecular flexibility index (Phi) is 63.7. The van der Waals surface area contributed by atoms with Gasteiger partial charge in [0.25, 0.3) is 0 Å². The highest BCUT2D eigenvalue weighted by atomic mass is 16.6. The lowest BCUT2D eigenvalue weighted by atomic mass is 10.0. The van der Waals surface area contributed by atoms with Gasteiger partial charge < -0.3 is 14.2 Å². The van der Waals surface area contributed by atoms with Gasteiger partial charge in [0.2, 0.25) is 0 Å². The molecule has 0 saturated carbocycles. The number of carbonyl (C=O) groups excluding carboxylic acids is 3. The fourth-order valence-electron chi connectivity index (χ4n) is 9.54. The summed E-state index contributed by atoms with van der Waals surface area (Å²) in [4.78, 5) is 38.4. The minimum atomic E-state index is -0.796. The van der Waals surface area contributed by atoms with Crippen molar-refractivity contribution >= 4 is 17.9 Å². The standard InChI is InChI=1S/C73H126O6/c1-4-7-10-13-16-19-22-25-28-30-32-33-34-35-36-37-38-39-41-42-45-48-51-54-57-60-63-66-72(75)78-69-70(68-77-71(74)65-62-59-56-53-50-47-44-27-24-21-18-15-12-9-6-3)79-73(76)67-64-61-58-55-52-49-46-43-40-31-29-26-23-20-17-14-11-8-5-2/h8,11,17,20,22,25-26,29-30,32,34-35,40,43,49,52,70H,4-7,9-10,12-16,18-19,21,23-24,27-28,31,33,36-39,41-42,44-48,50-51,53-69H2,1-3H3/b11-8-,20-17-,25-22-,29-26-,32-30-,35-34-,43-40-,52-49-. The van der Waals surface area contributed by atoms with Gasteiger partial charge in [-0.05, 0) is 103 Å². The molecular formula is C73H126O6. The number of carbonyl (C=O) groups is 3.